The van der Waals surface area contributed by atoms with Crippen molar-refractivity contribution in [2.45, 2.75) is 0 Å². The smallest absolute Gasteiger partial charge is 0.153 e. The Hall–Kier alpha value is -2.31. The zero-order valence-corrected chi connectivity index (χ0v) is 9.98. The van der Waals surface area contributed by atoms with Gasteiger partial charge >= 0.3 is 0 Å². The number of aliphatic imine (C=N–C) groups is 1. The van der Waals surface area contributed by atoms with E-state index in [0.717, 1.165) is 0 Å². The lowest BCUT2D eigenvalue weighted by Gasteiger charge is -2.07. The summed E-state index contributed by atoms with van der Waals surface area (Å²) in [6.07, 6.45) is 0. The summed E-state index contributed by atoms with van der Waals surface area (Å²) in [5.74, 6) is 1.22. The molecule has 0 fully saturated rings. The van der Waals surface area contributed by atoms with Crippen LogP contribution in [0.3, 0.4) is 0 Å². The monoisotopic (exact) mass is 254 g/mol. The molecule has 0 aromatic heterocycles. The second-order valence-corrected chi connectivity index (χ2v) is 4.22. The first-order valence-corrected chi connectivity index (χ1v) is 5.71. The number of ether oxygens (including phenoxy) is 1. The van der Waals surface area contributed by atoms with E-state index in [2.05, 4.69) is 11.1 Å². The molecular weight excluding hydrogens is 248 g/mol. The van der Waals surface area contributed by atoms with Gasteiger partial charge in [0.15, 0.2) is 11.5 Å². The van der Waals surface area contributed by atoms with Crippen LogP contribution in [0.15, 0.2) is 47.5 Å². The van der Waals surface area contributed by atoms with Crippen molar-refractivity contribution >= 4 is 23.0 Å². The zero-order valence-electron chi connectivity index (χ0n) is 9.22. The zero-order chi connectivity index (χ0) is 12.5. The van der Waals surface area contributed by atoms with E-state index in [1.165, 1.54) is 0 Å². The van der Waals surface area contributed by atoms with Gasteiger partial charge in [-0.15, -0.1) is 0 Å². The second-order valence-electron chi connectivity index (χ2n) is 3.78. The molecule has 0 radical (unpaired) electrons. The lowest BCUT2D eigenvalue weighted by molar-refractivity contribution is 0.485. The number of rotatable bonds is 0. The van der Waals surface area contributed by atoms with Gasteiger partial charge in [-0.05, 0) is 30.3 Å². The predicted octanol–water partition coefficient (Wildman–Crippen LogP) is 4.09. The quantitative estimate of drug-likeness (QED) is 0.711. The molecule has 3 rings (SSSR count). The third-order valence-electron chi connectivity index (χ3n) is 2.62. The average molecular weight is 255 g/mol. The molecule has 1 aliphatic heterocycles. The number of hydrogen-bond donors (Lipinski definition) is 0. The van der Waals surface area contributed by atoms with Crippen LogP contribution in [-0.2, 0) is 0 Å². The van der Waals surface area contributed by atoms with E-state index in [1.807, 2.05) is 18.2 Å². The van der Waals surface area contributed by atoms with Gasteiger partial charge in [-0.1, -0.05) is 23.7 Å². The lowest BCUT2D eigenvalue weighted by atomic mass is 10.1. The minimum absolute atomic E-state index is 0.303. The Kier molecular flexibility index (Phi) is 2.51. The highest BCUT2D eigenvalue weighted by Gasteiger charge is 2.17. The molecule has 1 aliphatic rings. The molecule has 0 spiro atoms. The fourth-order valence-corrected chi connectivity index (χ4v) is 1.97. The normalized spacial score (nSPS) is 12.3. The summed E-state index contributed by atoms with van der Waals surface area (Å²) in [5.41, 5.74) is 1.56. The Labute approximate surface area is 109 Å². The van der Waals surface area contributed by atoms with E-state index in [4.69, 9.17) is 16.3 Å². The minimum Gasteiger partial charge on any atom is -0.454 e. The third kappa shape index (κ3) is 1.73. The molecule has 0 N–H and O–H groups in total. The topological polar surface area (TPSA) is 45.4 Å². The van der Waals surface area contributed by atoms with Crippen LogP contribution in [0.2, 0.25) is 5.02 Å². The highest BCUT2D eigenvalue weighted by molar-refractivity contribution is 6.31. The molecule has 0 amide bonds. The van der Waals surface area contributed by atoms with Crippen molar-refractivity contribution in [2.75, 3.05) is 0 Å². The van der Waals surface area contributed by atoms with Crippen molar-refractivity contribution in [2.24, 2.45) is 4.99 Å². The molecule has 0 atom stereocenters. The predicted molar refractivity (Wildman–Crippen MR) is 69.8 cm³/mol. The summed E-state index contributed by atoms with van der Waals surface area (Å²) in [4.78, 5) is 4.31. The molecule has 18 heavy (non-hydrogen) atoms. The highest BCUT2D eigenvalue weighted by Crippen LogP contribution is 2.37. The summed E-state index contributed by atoms with van der Waals surface area (Å²) in [6.45, 7) is 0. The molecule has 0 bridgehead atoms. The van der Waals surface area contributed by atoms with E-state index in [-0.39, 0.29) is 0 Å². The molecule has 2 aromatic carbocycles. The first-order valence-electron chi connectivity index (χ1n) is 5.33. The maximum absolute atomic E-state index is 9.20. The van der Waals surface area contributed by atoms with Gasteiger partial charge in [0, 0.05) is 5.02 Å². The van der Waals surface area contributed by atoms with Gasteiger partial charge in [-0.3, -0.25) is 0 Å². The molecule has 0 saturated heterocycles. The fourth-order valence-electron chi connectivity index (χ4n) is 1.80. The van der Waals surface area contributed by atoms with Gasteiger partial charge < -0.3 is 4.74 Å². The summed E-state index contributed by atoms with van der Waals surface area (Å²) in [6, 6.07) is 14.6. The van der Waals surface area contributed by atoms with Gasteiger partial charge in [-0.25, -0.2) is 4.99 Å². The van der Waals surface area contributed by atoms with Crippen LogP contribution in [-0.4, -0.2) is 5.71 Å². The van der Waals surface area contributed by atoms with Crippen molar-refractivity contribution in [3.8, 4) is 17.6 Å². The van der Waals surface area contributed by atoms with Crippen LogP contribution in [0.25, 0.3) is 0 Å². The number of hydrogen-bond acceptors (Lipinski definition) is 3. The molecule has 0 saturated carbocycles. The summed E-state index contributed by atoms with van der Waals surface area (Å²) < 4.78 is 5.77. The molecule has 3 nitrogen and oxygen atoms in total. The van der Waals surface area contributed by atoms with Gasteiger partial charge in [0.1, 0.15) is 17.5 Å². The molecule has 4 heteroatoms. The van der Waals surface area contributed by atoms with E-state index < -0.39 is 0 Å². The van der Waals surface area contributed by atoms with Crippen LogP contribution in [0.1, 0.15) is 5.56 Å². The Bertz CT molecular complexity index is 701. The van der Waals surface area contributed by atoms with Crippen molar-refractivity contribution in [1.29, 1.82) is 5.26 Å². The number of benzene rings is 2. The second kappa shape index (κ2) is 4.17. The van der Waals surface area contributed by atoms with Crippen molar-refractivity contribution in [3.63, 3.8) is 0 Å². The molecule has 0 unspecified atom stereocenters. The van der Waals surface area contributed by atoms with Crippen LogP contribution in [0, 0.1) is 11.3 Å². The van der Waals surface area contributed by atoms with Crippen molar-refractivity contribution < 1.29 is 4.74 Å². The van der Waals surface area contributed by atoms with E-state index in [9.17, 15) is 5.26 Å². The Morgan fingerprint density at radius 2 is 1.94 bits per heavy atom. The van der Waals surface area contributed by atoms with Crippen molar-refractivity contribution in [3.05, 3.63) is 53.1 Å². The fraction of sp³-hybridized carbons (Fsp3) is 0. The number of fused-ring (bicyclic) bond motifs is 2. The van der Waals surface area contributed by atoms with Crippen LogP contribution in [0.5, 0.6) is 11.5 Å². The summed E-state index contributed by atoms with van der Waals surface area (Å²) >= 11 is 5.94. The van der Waals surface area contributed by atoms with Gasteiger partial charge in [0.05, 0.1) is 5.56 Å². The molecule has 0 aliphatic carbocycles. The number of para-hydroxylation sites is 2. The third-order valence-corrected chi connectivity index (χ3v) is 2.86. The first kappa shape index (κ1) is 10.8. The number of halogens is 1. The summed E-state index contributed by atoms with van der Waals surface area (Å²) in [7, 11) is 0. The standard InChI is InChI=1S/C14H7ClN2O/c15-9-5-6-13-10(7-9)12(8-16)17-11-3-1-2-4-14(11)18-13/h1-7H. The Morgan fingerprint density at radius 3 is 2.78 bits per heavy atom. The largest absolute Gasteiger partial charge is 0.454 e. The Morgan fingerprint density at radius 1 is 1.11 bits per heavy atom. The highest BCUT2D eigenvalue weighted by atomic mass is 35.5. The van der Waals surface area contributed by atoms with Gasteiger partial charge in [0.2, 0.25) is 0 Å². The molecule has 2 aromatic rings. The van der Waals surface area contributed by atoms with E-state index >= 15 is 0 Å². The molecular formula is C14H7ClN2O. The molecule has 1 heterocycles. The number of nitrogens with zero attached hydrogens (tertiary/aromatic N) is 2. The maximum Gasteiger partial charge on any atom is 0.153 e. The van der Waals surface area contributed by atoms with Crippen LogP contribution in [0.4, 0.5) is 5.69 Å². The van der Waals surface area contributed by atoms with Gasteiger partial charge in [-0.2, -0.15) is 5.26 Å². The summed E-state index contributed by atoms with van der Waals surface area (Å²) in [5, 5.41) is 9.75. The minimum atomic E-state index is 0.303. The van der Waals surface area contributed by atoms with Crippen molar-refractivity contribution in [1.82, 2.24) is 0 Å². The van der Waals surface area contributed by atoms with Crippen LogP contribution < -0.4 is 4.74 Å². The lowest BCUT2D eigenvalue weighted by Crippen LogP contribution is -1.97. The number of nitriles is 1. The van der Waals surface area contributed by atoms with Gasteiger partial charge in [0.25, 0.3) is 0 Å². The van der Waals surface area contributed by atoms with E-state index in [0.29, 0.717) is 33.5 Å². The van der Waals surface area contributed by atoms with Crippen LogP contribution >= 0.6 is 11.6 Å². The first-order chi connectivity index (χ1) is 8.78. The molecule has 86 valence electrons. The van der Waals surface area contributed by atoms with E-state index in [1.54, 1.807) is 24.3 Å². The maximum atomic E-state index is 9.20. The Balaban J connectivity index is 2.29. The SMILES string of the molecule is N#CC1=Nc2ccccc2Oc2ccc(Cl)cc21. The average Bonchev–Trinajstić information content (AvgIpc) is 2.54.